The van der Waals surface area contributed by atoms with Crippen LogP contribution in [0, 0.1) is 5.92 Å². The van der Waals surface area contributed by atoms with Crippen LogP contribution in [0.5, 0.6) is 0 Å². The Bertz CT molecular complexity index is 976. The summed E-state index contributed by atoms with van der Waals surface area (Å²) >= 11 is 0. The fourth-order valence-electron chi connectivity index (χ4n) is 4.44. The Hall–Kier alpha value is -3.35. The number of fused-ring (bicyclic) bond motifs is 3. The molecule has 0 fully saturated rings. The minimum Gasteiger partial charge on any atom is -0.481 e. The van der Waals surface area contributed by atoms with Gasteiger partial charge in [-0.25, -0.2) is 4.79 Å². The predicted octanol–water partition coefficient (Wildman–Crippen LogP) is 4.70. The number of carboxylic acid groups (broad SMARTS) is 1. The standard InChI is InChI=1S/C27H34N2O5/c1-4-17(3)25(26(32)28-18(5-2)14-15-24(30)31)29-27(33)34-16-23-21-12-8-6-10-19(21)20-11-7-9-13-22(20)23/h6-13,17-18,23,25H,4-5,14-16H2,1-3H3,(H,28,32)(H,29,33)(H,30,31). The summed E-state index contributed by atoms with van der Waals surface area (Å²) in [6, 6.07) is 15.2. The van der Waals surface area contributed by atoms with Gasteiger partial charge < -0.3 is 20.5 Å². The molecule has 1 aliphatic rings. The number of hydrogen-bond donors (Lipinski definition) is 3. The molecule has 2 aromatic rings. The van der Waals surface area contributed by atoms with Crippen molar-refractivity contribution in [1.82, 2.24) is 10.6 Å². The van der Waals surface area contributed by atoms with Crippen LogP contribution in [-0.2, 0) is 14.3 Å². The van der Waals surface area contributed by atoms with Gasteiger partial charge in [-0.1, -0.05) is 75.7 Å². The Kier molecular flexibility index (Phi) is 8.68. The second kappa shape index (κ2) is 11.7. The summed E-state index contributed by atoms with van der Waals surface area (Å²) in [5.41, 5.74) is 4.54. The highest BCUT2D eigenvalue weighted by molar-refractivity contribution is 5.86. The van der Waals surface area contributed by atoms with Gasteiger partial charge in [-0.2, -0.15) is 0 Å². The Balaban J connectivity index is 1.64. The Morgan fingerprint density at radius 3 is 2.06 bits per heavy atom. The van der Waals surface area contributed by atoms with Crippen molar-refractivity contribution in [2.45, 2.75) is 64.5 Å². The van der Waals surface area contributed by atoms with Crippen molar-refractivity contribution in [3.8, 4) is 11.1 Å². The van der Waals surface area contributed by atoms with Crippen molar-refractivity contribution >= 4 is 18.0 Å². The Labute approximate surface area is 200 Å². The number of hydrogen-bond acceptors (Lipinski definition) is 4. The first-order chi connectivity index (χ1) is 16.3. The number of ether oxygens (including phenoxy) is 1. The van der Waals surface area contributed by atoms with Gasteiger partial charge in [0.15, 0.2) is 0 Å². The quantitative estimate of drug-likeness (QED) is 0.445. The lowest BCUT2D eigenvalue weighted by Crippen LogP contribution is -2.52. The van der Waals surface area contributed by atoms with E-state index >= 15 is 0 Å². The molecule has 0 bridgehead atoms. The molecule has 3 rings (SSSR count). The molecule has 0 aromatic heterocycles. The van der Waals surface area contributed by atoms with Crippen molar-refractivity contribution in [3.05, 3.63) is 59.7 Å². The first-order valence-corrected chi connectivity index (χ1v) is 12.0. The van der Waals surface area contributed by atoms with Crippen LogP contribution in [0.1, 0.15) is 63.5 Å². The fourth-order valence-corrected chi connectivity index (χ4v) is 4.44. The summed E-state index contributed by atoms with van der Waals surface area (Å²) in [6.45, 7) is 5.91. The van der Waals surface area contributed by atoms with Crippen LogP contribution in [0.15, 0.2) is 48.5 Å². The molecule has 0 radical (unpaired) electrons. The topological polar surface area (TPSA) is 105 Å². The summed E-state index contributed by atoms with van der Waals surface area (Å²) < 4.78 is 5.62. The van der Waals surface area contributed by atoms with Crippen LogP contribution < -0.4 is 10.6 Å². The van der Waals surface area contributed by atoms with Gasteiger partial charge in [-0.05, 0) is 41.0 Å². The number of nitrogens with one attached hydrogen (secondary N) is 2. The SMILES string of the molecule is CCC(CCC(=O)O)NC(=O)C(NC(=O)OCC1c2ccccc2-c2ccccc21)C(C)CC. The summed E-state index contributed by atoms with van der Waals surface area (Å²) in [7, 11) is 0. The molecule has 3 unspecified atom stereocenters. The lowest BCUT2D eigenvalue weighted by atomic mass is 9.97. The van der Waals surface area contributed by atoms with E-state index in [0.29, 0.717) is 19.3 Å². The van der Waals surface area contributed by atoms with Crippen LogP contribution in [0.4, 0.5) is 4.79 Å². The molecule has 7 nitrogen and oxygen atoms in total. The van der Waals surface area contributed by atoms with Gasteiger partial charge in [0.2, 0.25) is 5.91 Å². The van der Waals surface area contributed by atoms with Crippen LogP contribution in [0.2, 0.25) is 0 Å². The van der Waals surface area contributed by atoms with E-state index in [-0.39, 0.29) is 36.8 Å². The zero-order valence-electron chi connectivity index (χ0n) is 20.0. The largest absolute Gasteiger partial charge is 0.481 e. The normalized spacial score (nSPS) is 14.9. The molecule has 0 heterocycles. The van der Waals surface area contributed by atoms with E-state index < -0.39 is 18.1 Å². The van der Waals surface area contributed by atoms with Gasteiger partial charge in [0.25, 0.3) is 0 Å². The van der Waals surface area contributed by atoms with Crippen LogP contribution in [-0.4, -0.2) is 41.8 Å². The minimum absolute atomic E-state index is 0.0212. The molecule has 2 aromatic carbocycles. The van der Waals surface area contributed by atoms with Crippen molar-refractivity contribution in [3.63, 3.8) is 0 Å². The number of amides is 2. The van der Waals surface area contributed by atoms with Crippen LogP contribution in [0.25, 0.3) is 11.1 Å². The molecule has 0 spiro atoms. The van der Waals surface area contributed by atoms with Gasteiger partial charge in [0, 0.05) is 18.4 Å². The number of benzene rings is 2. The maximum absolute atomic E-state index is 13.0. The molecular weight excluding hydrogens is 432 g/mol. The van der Waals surface area contributed by atoms with E-state index in [1.165, 1.54) is 0 Å². The average Bonchev–Trinajstić information content (AvgIpc) is 3.16. The Morgan fingerprint density at radius 1 is 0.941 bits per heavy atom. The van der Waals surface area contributed by atoms with E-state index in [1.54, 1.807) is 0 Å². The second-order valence-electron chi connectivity index (χ2n) is 8.88. The third kappa shape index (κ3) is 5.95. The molecule has 7 heteroatoms. The maximum Gasteiger partial charge on any atom is 0.407 e. The summed E-state index contributed by atoms with van der Waals surface area (Å²) in [6.07, 6.45) is 0.980. The van der Waals surface area contributed by atoms with Gasteiger partial charge in [0.1, 0.15) is 12.6 Å². The second-order valence-corrected chi connectivity index (χ2v) is 8.88. The highest BCUT2D eigenvalue weighted by Gasteiger charge is 2.31. The fraction of sp³-hybridized carbons (Fsp3) is 0.444. The third-order valence-electron chi connectivity index (χ3n) is 6.66. The van der Waals surface area contributed by atoms with Crippen molar-refractivity contribution < 1.29 is 24.2 Å². The lowest BCUT2D eigenvalue weighted by molar-refractivity contribution is -0.137. The smallest absolute Gasteiger partial charge is 0.407 e. The summed E-state index contributed by atoms with van der Waals surface area (Å²) in [4.78, 5) is 36.6. The molecule has 0 saturated heterocycles. The zero-order valence-corrected chi connectivity index (χ0v) is 20.0. The minimum atomic E-state index is -0.900. The highest BCUT2D eigenvalue weighted by Crippen LogP contribution is 2.44. The molecule has 0 saturated carbocycles. The average molecular weight is 467 g/mol. The molecular formula is C27H34N2O5. The van der Waals surface area contributed by atoms with Gasteiger partial charge >= 0.3 is 12.1 Å². The van der Waals surface area contributed by atoms with Gasteiger partial charge in [-0.15, -0.1) is 0 Å². The Morgan fingerprint density at radius 2 is 1.53 bits per heavy atom. The lowest BCUT2D eigenvalue weighted by Gasteiger charge is -2.26. The molecule has 2 amide bonds. The van der Waals surface area contributed by atoms with E-state index in [9.17, 15) is 14.4 Å². The van der Waals surface area contributed by atoms with Crippen molar-refractivity contribution in [1.29, 1.82) is 0 Å². The van der Waals surface area contributed by atoms with Crippen LogP contribution in [0.3, 0.4) is 0 Å². The maximum atomic E-state index is 13.0. The molecule has 34 heavy (non-hydrogen) atoms. The third-order valence-corrected chi connectivity index (χ3v) is 6.66. The number of alkyl carbamates (subject to hydrolysis) is 1. The number of carboxylic acids is 1. The van der Waals surface area contributed by atoms with E-state index in [4.69, 9.17) is 9.84 Å². The van der Waals surface area contributed by atoms with E-state index in [1.807, 2.05) is 45.0 Å². The highest BCUT2D eigenvalue weighted by atomic mass is 16.5. The van der Waals surface area contributed by atoms with E-state index in [0.717, 1.165) is 22.3 Å². The number of rotatable bonds is 11. The monoisotopic (exact) mass is 466 g/mol. The molecule has 1 aliphatic carbocycles. The van der Waals surface area contributed by atoms with Crippen LogP contribution >= 0.6 is 0 Å². The molecule has 3 N–H and O–H groups in total. The number of aliphatic carboxylic acids is 1. The van der Waals surface area contributed by atoms with Gasteiger partial charge in [0.05, 0.1) is 0 Å². The van der Waals surface area contributed by atoms with Crippen molar-refractivity contribution in [2.24, 2.45) is 5.92 Å². The summed E-state index contributed by atoms with van der Waals surface area (Å²) in [5.74, 6) is -1.39. The van der Waals surface area contributed by atoms with Crippen molar-refractivity contribution in [2.75, 3.05) is 6.61 Å². The summed E-state index contributed by atoms with van der Waals surface area (Å²) in [5, 5.41) is 14.6. The first kappa shape index (κ1) is 25.3. The zero-order chi connectivity index (χ0) is 24.7. The van der Waals surface area contributed by atoms with E-state index in [2.05, 4.69) is 34.9 Å². The molecule has 182 valence electrons. The first-order valence-electron chi connectivity index (χ1n) is 12.0. The number of carbonyl (C=O) groups excluding carboxylic acids is 2. The molecule has 0 aliphatic heterocycles. The number of carbonyl (C=O) groups is 3. The predicted molar refractivity (Wildman–Crippen MR) is 131 cm³/mol. The van der Waals surface area contributed by atoms with Gasteiger partial charge in [-0.3, -0.25) is 9.59 Å². The molecule has 3 atom stereocenters.